The number of carbonyl (C=O) groups is 1. The molecule has 7 rings (SSSR count). The number of nitrogens with zero attached hydrogens (tertiary/aromatic N) is 1. The van der Waals surface area contributed by atoms with E-state index in [9.17, 15) is 4.79 Å². The SMILES string of the molecule is Cc1cccc(-c2cc(C(=O)N[C@@H](C)C34CC5CC(CC(C5)C3)C4)c3ccccc3n2)c1. The predicted octanol–water partition coefficient (Wildman–Crippen LogP) is 6.54. The average molecular weight is 425 g/mol. The van der Waals surface area contributed by atoms with E-state index in [4.69, 9.17) is 4.98 Å². The van der Waals surface area contributed by atoms with Crippen LogP contribution in [0.4, 0.5) is 0 Å². The molecule has 2 aromatic carbocycles. The van der Waals surface area contributed by atoms with Crippen molar-refractivity contribution in [1.29, 1.82) is 0 Å². The van der Waals surface area contributed by atoms with Crippen LogP contribution in [0.5, 0.6) is 0 Å². The van der Waals surface area contributed by atoms with Crippen molar-refractivity contribution in [3.63, 3.8) is 0 Å². The van der Waals surface area contributed by atoms with Crippen LogP contribution in [-0.2, 0) is 0 Å². The van der Waals surface area contributed by atoms with E-state index in [-0.39, 0.29) is 11.9 Å². The second-order valence-corrected chi connectivity index (χ2v) is 10.9. The lowest BCUT2D eigenvalue weighted by atomic mass is 9.48. The zero-order valence-corrected chi connectivity index (χ0v) is 19.1. The van der Waals surface area contributed by atoms with Crippen LogP contribution >= 0.6 is 0 Å². The molecule has 0 aliphatic heterocycles. The van der Waals surface area contributed by atoms with Gasteiger partial charge in [0.2, 0.25) is 0 Å². The van der Waals surface area contributed by atoms with Crippen LogP contribution in [-0.4, -0.2) is 16.9 Å². The van der Waals surface area contributed by atoms with E-state index in [2.05, 4.69) is 43.4 Å². The van der Waals surface area contributed by atoms with E-state index in [1.165, 1.54) is 44.1 Å². The number of fused-ring (bicyclic) bond motifs is 1. The van der Waals surface area contributed by atoms with Gasteiger partial charge < -0.3 is 5.32 Å². The van der Waals surface area contributed by atoms with Crippen molar-refractivity contribution in [3.05, 3.63) is 65.7 Å². The Bertz CT molecular complexity index is 1160. The first-order valence-corrected chi connectivity index (χ1v) is 12.3. The molecule has 1 aromatic heterocycles. The number of rotatable bonds is 4. The fourth-order valence-corrected chi connectivity index (χ4v) is 7.45. The zero-order chi connectivity index (χ0) is 21.9. The van der Waals surface area contributed by atoms with E-state index < -0.39 is 0 Å². The summed E-state index contributed by atoms with van der Waals surface area (Å²) >= 11 is 0. The maximum atomic E-state index is 13.7. The van der Waals surface area contributed by atoms with Gasteiger partial charge in [-0.15, -0.1) is 0 Å². The lowest BCUT2D eigenvalue weighted by molar-refractivity contribution is -0.0687. The molecule has 32 heavy (non-hydrogen) atoms. The van der Waals surface area contributed by atoms with Gasteiger partial charge in [0.15, 0.2) is 0 Å². The smallest absolute Gasteiger partial charge is 0.252 e. The number of benzene rings is 2. The number of para-hydroxylation sites is 1. The van der Waals surface area contributed by atoms with Gasteiger partial charge in [0, 0.05) is 17.0 Å². The third-order valence-corrected chi connectivity index (χ3v) is 8.63. The number of hydrogen-bond donors (Lipinski definition) is 1. The normalized spacial score (nSPS) is 29.2. The molecule has 1 atom stereocenters. The molecule has 4 aliphatic carbocycles. The third-order valence-electron chi connectivity index (χ3n) is 8.63. The number of carbonyl (C=O) groups excluding carboxylic acids is 1. The van der Waals surface area contributed by atoms with Gasteiger partial charge >= 0.3 is 0 Å². The minimum absolute atomic E-state index is 0.0424. The minimum atomic E-state index is 0.0424. The van der Waals surface area contributed by atoms with Gasteiger partial charge in [-0.25, -0.2) is 4.98 Å². The number of pyridine rings is 1. The highest BCUT2D eigenvalue weighted by Crippen LogP contribution is 2.61. The molecule has 3 heteroatoms. The summed E-state index contributed by atoms with van der Waals surface area (Å²) in [6, 6.07) is 18.6. The monoisotopic (exact) mass is 424 g/mol. The van der Waals surface area contributed by atoms with Gasteiger partial charge in [-0.2, -0.15) is 0 Å². The van der Waals surface area contributed by atoms with Gasteiger partial charge in [0.25, 0.3) is 5.91 Å². The average Bonchev–Trinajstić information content (AvgIpc) is 2.77. The minimum Gasteiger partial charge on any atom is -0.349 e. The summed E-state index contributed by atoms with van der Waals surface area (Å²) in [6.07, 6.45) is 8.17. The van der Waals surface area contributed by atoms with Crippen LogP contribution in [0.1, 0.15) is 61.4 Å². The first-order chi connectivity index (χ1) is 15.5. The second kappa shape index (κ2) is 7.43. The summed E-state index contributed by atoms with van der Waals surface area (Å²) in [4.78, 5) is 18.6. The molecule has 0 spiro atoms. The Balaban J connectivity index is 1.34. The largest absolute Gasteiger partial charge is 0.349 e. The van der Waals surface area contributed by atoms with Crippen LogP contribution in [0.25, 0.3) is 22.2 Å². The molecular formula is C29H32N2O. The van der Waals surface area contributed by atoms with Crippen LogP contribution in [0, 0.1) is 30.1 Å². The van der Waals surface area contributed by atoms with Crippen LogP contribution < -0.4 is 5.32 Å². The molecule has 1 heterocycles. The first kappa shape index (κ1) is 20.0. The predicted molar refractivity (Wildman–Crippen MR) is 129 cm³/mol. The molecule has 0 unspecified atom stereocenters. The van der Waals surface area contributed by atoms with Crippen molar-refractivity contribution in [1.82, 2.24) is 10.3 Å². The standard InChI is InChI=1S/C29H32N2O/c1-18-6-5-7-23(10-18)27-14-25(24-8-3-4-9-26(24)31-27)28(32)30-19(2)29-15-20-11-21(16-29)13-22(12-20)17-29/h3-10,14,19-22H,11-13,15-17H2,1-2H3,(H,30,32)/t19-,20?,21?,22?,29?/m0/s1. The van der Waals surface area contributed by atoms with Crippen molar-refractivity contribution < 1.29 is 4.79 Å². The van der Waals surface area contributed by atoms with E-state index in [1.54, 1.807) is 0 Å². The number of aromatic nitrogens is 1. The molecule has 164 valence electrons. The van der Waals surface area contributed by atoms with Crippen LogP contribution in [0.2, 0.25) is 0 Å². The van der Waals surface area contributed by atoms with Crippen molar-refractivity contribution in [2.45, 2.75) is 58.4 Å². The molecule has 4 aliphatic rings. The first-order valence-electron chi connectivity index (χ1n) is 12.3. The molecule has 3 nitrogen and oxygen atoms in total. The van der Waals surface area contributed by atoms with Gasteiger partial charge in [-0.1, -0.05) is 42.0 Å². The Morgan fingerprint density at radius 3 is 2.34 bits per heavy atom. The van der Waals surface area contributed by atoms with Gasteiger partial charge in [0.05, 0.1) is 16.8 Å². The third kappa shape index (κ3) is 3.34. The van der Waals surface area contributed by atoms with E-state index in [1.807, 2.05) is 30.3 Å². The van der Waals surface area contributed by atoms with Crippen molar-refractivity contribution in [3.8, 4) is 11.3 Å². The lowest BCUT2D eigenvalue weighted by Crippen LogP contribution is -2.55. The Morgan fingerprint density at radius 1 is 0.969 bits per heavy atom. The highest BCUT2D eigenvalue weighted by atomic mass is 16.1. The molecule has 1 amide bonds. The number of amides is 1. The molecule has 4 saturated carbocycles. The fraction of sp³-hybridized carbons (Fsp3) is 0.448. The maximum absolute atomic E-state index is 13.7. The fourth-order valence-electron chi connectivity index (χ4n) is 7.45. The molecule has 0 saturated heterocycles. The molecule has 4 bridgehead atoms. The highest BCUT2D eigenvalue weighted by Gasteiger charge is 2.53. The Labute approximate surface area is 190 Å². The molecule has 1 N–H and O–H groups in total. The van der Waals surface area contributed by atoms with Gasteiger partial charge in [0.1, 0.15) is 0 Å². The molecule has 4 fully saturated rings. The quantitative estimate of drug-likeness (QED) is 0.516. The number of nitrogens with one attached hydrogen (secondary N) is 1. The summed E-state index contributed by atoms with van der Waals surface area (Å²) in [5, 5.41) is 4.40. The van der Waals surface area contributed by atoms with Crippen molar-refractivity contribution >= 4 is 16.8 Å². The lowest BCUT2D eigenvalue weighted by Gasteiger charge is -2.59. The maximum Gasteiger partial charge on any atom is 0.252 e. The Hall–Kier alpha value is -2.68. The summed E-state index contributed by atoms with van der Waals surface area (Å²) in [5.74, 6) is 2.70. The number of hydrogen-bond acceptors (Lipinski definition) is 2. The summed E-state index contributed by atoms with van der Waals surface area (Å²) < 4.78 is 0. The van der Waals surface area contributed by atoms with Crippen molar-refractivity contribution in [2.75, 3.05) is 0 Å². The van der Waals surface area contributed by atoms with Crippen LogP contribution in [0.15, 0.2) is 54.6 Å². The molecule has 0 radical (unpaired) electrons. The zero-order valence-electron chi connectivity index (χ0n) is 19.1. The van der Waals surface area contributed by atoms with E-state index >= 15 is 0 Å². The number of aryl methyl sites for hydroxylation is 1. The second-order valence-electron chi connectivity index (χ2n) is 10.9. The Morgan fingerprint density at radius 2 is 1.66 bits per heavy atom. The highest BCUT2D eigenvalue weighted by molar-refractivity contribution is 6.07. The summed E-state index contributed by atoms with van der Waals surface area (Å²) in [7, 11) is 0. The van der Waals surface area contributed by atoms with Crippen molar-refractivity contribution in [2.24, 2.45) is 23.2 Å². The molecule has 3 aromatic rings. The molecular weight excluding hydrogens is 392 g/mol. The summed E-state index contributed by atoms with van der Waals surface area (Å²) in [6.45, 7) is 4.35. The van der Waals surface area contributed by atoms with E-state index in [0.717, 1.165) is 45.5 Å². The van der Waals surface area contributed by atoms with Crippen LogP contribution in [0.3, 0.4) is 0 Å². The topological polar surface area (TPSA) is 42.0 Å². The van der Waals surface area contributed by atoms with E-state index in [0.29, 0.717) is 5.41 Å². The van der Waals surface area contributed by atoms with Gasteiger partial charge in [-0.05, 0) is 93.7 Å². The van der Waals surface area contributed by atoms with Gasteiger partial charge in [-0.3, -0.25) is 4.79 Å². The Kier molecular flexibility index (Phi) is 4.64. The summed E-state index contributed by atoms with van der Waals surface area (Å²) in [5.41, 5.74) is 5.02.